The molecule has 120 valence electrons. The number of hydrogen-bond donors (Lipinski definition) is 0. The third kappa shape index (κ3) is 3.25. The van der Waals surface area contributed by atoms with Gasteiger partial charge in [0, 0.05) is 18.6 Å². The third-order valence-electron chi connectivity index (χ3n) is 3.56. The van der Waals surface area contributed by atoms with Crippen LogP contribution in [0.3, 0.4) is 0 Å². The molecule has 0 N–H and O–H groups in total. The fourth-order valence-electron chi connectivity index (χ4n) is 2.43. The van der Waals surface area contributed by atoms with Crippen molar-refractivity contribution in [1.29, 1.82) is 0 Å². The maximum absolute atomic E-state index is 12.0. The summed E-state index contributed by atoms with van der Waals surface area (Å²) in [5.74, 6) is 3.94. The van der Waals surface area contributed by atoms with Crippen LogP contribution in [0, 0.1) is 12.3 Å². The quantitative estimate of drug-likeness (QED) is 0.810. The summed E-state index contributed by atoms with van der Waals surface area (Å²) in [6, 6.07) is 3.84. The molecule has 6 heteroatoms. The van der Waals surface area contributed by atoms with E-state index in [1.165, 1.54) is 11.3 Å². The number of rotatable bonds is 4. The van der Waals surface area contributed by atoms with E-state index in [-0.39, 0.29) is 5.91 Å². The third-order valence-corrected chi connectivity index (χ3v) is 4.60. The smallest absolute Gasteiger partial charge is 0.248 e. The topological polar surface area (TPSA) is 52.8 Å². The van der Waals surface area contributed by atoms with E-state index in [2.05, 4.69) is 17.8 Å². The highest BCUT2D eigenvalue weighted by atomic mass is 32.1. The first-order valence-corrected chi connectivity index (χ1v) is 8.48. The normalized spacial score (nSPS) is 14.0. The molecule has 0 unspecified atom stereocenters. The number of amides is 1. The second kappa shape index (κ2) is 6.88. The molecule has 5 nitrogen and oxygen atoms in total. The summed E-state index contributed by atoms with van der Waals surface area (Å²) in [6.07, 6.45) is 7.76. The Hall–Kier alpha value is -2.26. The standard InChI is InChI=1S/C17H18N2O3S/c1-3-5-6-16(20)18-17-19(7-4-2)12-10-13-14(11-15(12)23-17)22-9-8-21-13/h2,10-11H,3,5-9H2,1H3. The lowest BCUT2D eigenvalue weighted by Crippen LogP contribution is -2.17. The average Bonchev–Trinajstić information content (AvgIpc) is 2.88. The first-order valence-electron chi connectivity index (χ1n) is 7.67. The van der Waals surface area contributed by atoms with Crippen molar-refractivity contribution in [2.24, 2.45) is 4.99 Å². The first-order chi connectivity index (χ1) is 11.2. The number of aromatic nitrogens is 1. The number of benzene rings is 1. The molecule has 1 aromatic carbocycles. The molecule has 0 radical (unpaired) electrons. The van der Waals surface area contributed by atoms with Crippen molar-refractivity contribution < 1.29 is 14.3 Å². The number of fused-ring (bicyclic) bond motifs is 2. The Bertz CT molecular complexity index is 842. The molecule has 1 amide bonds. The fourth-order valence-corrected chi connectivity index (χ4v) is 3.48. The highest BCUT2D eigenvalue weighted by molar-refractivity contribution is 7.16. The maximum Gasteiger partial charge on any atom is 0.248 e. The number of terminal acetylenes is 1. The Morgan fingerprint density at radius 3 is 2.83 bits per heavy atom. The lowest BCUT2D eigenvalue weighted by molar-refractivity contribution is -0.118. The molecule has 2 heterocycles. The van der Waals surface area contributed by atoms with E-state index >= 15 is 0 Å². The molecule has 0 saturated carbocycles. The number of nitrogens with zero attached hydrogens (tertiary/aromatic N) is 2. The lowest BCUT2D eigenvalue weighted by Gasteiger charge is -2.18. The molecule has 0 atom stereocenters. The number of hydrogen-bond acceptors (Lipinski definition) is 4. The average molecular weight is 330 g/mol. The Kier molecular flexibility index (Phi) is 4.68. The molecule has 0 spiro atoms. The van der Waals surface area contributed by atoms with Crippen molar-refractivity contribution in [1.82, 2.24) is 4.57 Å². The van der Waals surface area contributed by atoms with E-state index in [9.17, 15) is 4.79 Å². The van der Waals surface area contributed by atoms with Crippen molar-refractivity contribution in [3.05, 3.63) is 16.9 Å². The Morgan fingerprint density at radius 1 is 1.39 bits per heavy atom. The van der Waals surface area contributed by atoms with Gasteiger partial charge in [-0.1, -0.05) is 30.6 Å². The van der Waals surface area contributed by atoms with Gasteiger partial charge >= 0.3 is 0 Å². The van der Waals surface area contributed by atoms with Crippen LogP contribution in [0.15, 0.2) is 17.1 Å². The predicted molar refractivity (Wildman–Crippen MR) is 89.7 cm³/mol. The lowest BCUT2D eigenvalue weighted by atomic mass is 10.2. The van der Waals surface area contributed by atoms with Gasteiger partial charge in [-0.2, -0.15) is 4.99 Å². The van der Waals surface area contributed by atoms with Gasteiger partial charge in [-0.25, -0.2) is 0 Å². The number of unbranched alkanes of at least 4 members (excludes halogenated alkanes) is 1. The van der Waals surface area contributed by atoms with Crippen molar-refractivity contribution >= 4 is 27.5 Å². The van der Waals surface area contributed by atoms with Crippen LogP contribution in [0.5, 0.6) is 11.5 Å². The molecule has 0 bridgehead atoms. The van der Waals surface area contributed by atoms with Gasteiger partial charge in [0.25, 0.3) is 0 Å². The van der Waals surface area contributed by atoms with E-state index in [4.69, 9.17) is 15.9 Å². The van der Waals surface area contributed by atoms with Crippen LogP contribution in [0.25, 0.3) is 10.2 Å². The number of carbonyl (C=O) groups excluding carboxylic acids is 1. The van der Waals surface area contributed by atoms with E-state index in [1.54, 1.807) is 0 Å². The van der Waals surface area contributed by atoms with Crippen LogP contribution in [0.1, 0.15) is 26.2 Å². The summed E-state index contributed by atoms with van der Waals surface area (Å²) in [5, 5.41) is 0. The van der Waals surface area contributed by atoms with E-state index in [1.807, 2.05) is 16.7 Å². The molecule has 0 fully saturated rings. The summed E-state index contributed by atoms with van der Waals surface area (Å²) in [5.41, 5.74) is 0.916. The number of carbonyl (C=O) groups is 1. The Labute approximate surface area is 138 Å². The van der Waals surface area contributed by atoms with Gasteiger partial charge in [-0.3, -0.25) is 4.79 Å². The molecule has 23 heavy (non-hydrogen) atoms. The minimum absolute atomic E-state index is 0.110. The van der Waals surface area contributed by atoms with Gasteiger partial charge in [0.05, 0.1) is 16.8 Å². The summed E-state index contributed by atoms with van der Waals surface area (Å²) in [7, 11) is 0. The van der Waals surface area contributed by atoms with E-state index in [0.29, 0.717) is 36.7 Å². The minimum Gasteiger partial charge on any atom is -0.486 e. The van der Waals surface area contributed by atoms with E-state index < -0.39 is 0 Å². The summed E-state index contributed by atoms with van der Waals surface area (Å²) in [4.78, 5) is 16.9. The molecule has 0 aliphatic carbocycles. The minimum atomic E-state index is -0.110. The molecule has 3 rings (SSSR count). The second-order valence-electron chi connectivity index (χ2n) is 5.25. The number of thiazole rings is 1. The molecule has 2 aromatic rings. The van der Waals surface area contributed by atoms with Crippen molar-refractivity contribution in [2.75, 3.05) is 13.2 Å². The van der Waals surface area contributed by atoms with Crippen LogP contribution in [-0.2, 0) is 11.3 Å². The maximum atomic E-state index is 12.0. The summed E-state index contributed by atoms with van der Waals surface area (Å²) >= 11 is 1.44. The molecular formula is C17H18N2O3S. The van der Waals surface area contributed by atoms with Gasteiger partial charge in [0.2, 0.25) is 5.91 Å². The van der Waals surface area contributed by atoms with Gasteiger partial charge in [-0.05, 0) is 6.42 Å². The largest absolute Gasteiger partial charge is 0.486 e. The fraction of sp³-hybridized carbons (Fsp3) is 0.412. The summed E-state index contributed by atoms with van der Waals surface area (Å²) in [6.45, 7) is 3.49. The van der Waals surface area contributed by atoms with Crippen molar-refractivity contribution in [2.45, 2.75) is 32.7 Å². The van der Waals surface area contributed by atoms with Crippen molar-refractivity contribution in [3.8, 4) is 23.8 Å². The SMILES string of the molecule is C#CCn1c(=NC(=O)CCCC)sc2cc3c(cc21)OCCO3. The van der Waals surface area contributed by atoms with Crippen LogP contribution in [0.4, 0.5) is 0 Å². The second-order valence-corrected chi connectivity index (χ2v) is 6.26. The molecule has 1 aromatic heterocycles. The Balaban J connectivity index is 2.10. The highest BCUT2D eigenvalue weighted by Gasteiger charge is 2.16. The molecule has 1 aliphatic rings. The zero-order chi connectivity index (χ0) is 16.2. The van der Waals surface area contributed by atoms with Crippen LogP contribution >= 0.6 is 11.3 Å². The highest BCUT2D eigenvalue weighted by Crippen LogP contribution is 2.35. The zero-order valence-corrected chi connectivity index (χ0v) is 13.8. The van der Waals surface area contributed by atoms with Gasteiger partial charge in [-0.15, -0.1) is 6.42 Å². The van der Waals surface area contributed by atoms with Crippen LogP contribution in [-0.4, -0.2) is 23.7 Å². The molecule has 1 aliphatic heterocycles. The number of ether oxygens (including phenoxy) is 2. The van der Waals surface area contributed by atoms with Crippen LogP contribution in [0.2, 0.25) is 0 Å². The van der Waals surface area contributed by atoms with Crippen LogP contribution < -0.4 is 14.3 Å². The van der Waals surface area contributed by atoms with Gasteiger partial charge in [0.1, 0.15) is 13.2 Å². The van der Waals surface area contributed by atoms with Gasteiger partial charge in [0.15, 0.2) is 16.3 Å². The van der Waals surface area contributed by atoms with Crippen molar-refractivity contribution in [3.63, 3.8) is 0 Å². The molecule has 0 saturated heterocycles. The first kappa shape index (κ1) is 15.6. The predicted octanol–water partition coefficient (Wildman–Crippen LogP) is 2.72. The zero-order valence-electron chi connectivity index (χ0n) is 13.0. The summed E-state index contributed by atoms with van der Waals surface area (Å²) < 4.78 is 14.1. The Morgan fingerprint density at radius 2 is 2.13 bits per heavy atom. The monoisotopic (exact) mass is 330 g/mol. The van der Waals surface area contributed by atoms with Gasteiger partial charge < -0.3 is 14.0 Å². The molecular weight excluding hydrogens is 312 g/mol. The van der Waals surface area contributed by atoms with E-state index in [0.717, 1.165) is 28.8 Å².